The first-order valence-electron chi connectivity index (χ1n) is 11.6. The summed E-state index contributed by atoms with van der Waals surface area (Å²) in [5.41, 5.74) is 0.384. The van der Waals surface area contributed by atoms with Crippen LogP contribution in [0.1, 0.15) is 51.3 Å². The number of nitrogens with zero attached hydrogens (tertiary/aromatic N) is 1. The van der Waals surface area contributed by atoms with Gasteiger partial charge in [0.1, 0.15) is 17.7 Å². The quantitative estimate of drug-likeness (QED) is 0.230. The zero-order valence-electron chi connectivity index (χ0n) is 21.3. The molecule has 10 nitrogen and oxygen atoms in total. The monoisotopic (exact) mass is 523 g/mol. The highest BCUT2D eigenvalue weighted by molar-refractivity contribution is 7.80. The Bertz CT molecular complexity index is 917. The summed E-state index contributed by atoms with van der Waals surface area (Å²) in [6.45, 7) is 10.0. The molecule has 2 atom stereocenters. The normalized spacial score (nSPS) is 12.6. The lowest BCUT2D eigenvalue weighted by Crippen LogP contribution is -2.54. The smallest absolute Gasteiger partial charge is 0.408 e. The number of thiol groups is 1. The van der Waals surface area contributed by atoms with Crippen LogP contribution in [0.2, 0.25) is 0 Å². The molecule has 36 heavy (non-hydrogen) atoms. The molecule has 0 aliphatic carbocycles. The summed E-state index contributed by atoms with van der Waals surface area (Å²) in [5, 5.41) is 14.9. The minimum absolute atomic E-state index is 0.0113. The zero-order valence-corrected chi connectivity index (χ0v) is 22.2. The summed E-state index contributed by atoms with van der Waals surface area (Å²) in [5.74, 6) is -1.76. The van der Waals surface area contributed by atoms with Crippen LogP contribution in [0.25, 0.3) is 6.08 Å². The Balaban J connectivity index is 3.29. The van der Waals surface area contributed by atoms with Gasteiger partial charge < -0.3 is 30.1 Å². The number of hydrogen-bond donors (Lipinski definition) is 4. The van der Waals surface area contributed by atoms with Crippen molar-refractivity contribution < 1.29 is 33.8 Å². The van der Waals surface area contributed by atoms with Gasteiger partial charge in [-0.2, -0.15) is 12.6 Å². The van der Waals surface area contributed by atoms with Crippen LogP contribution in [0.15, 0.2) is 30.8 Å². The molecule has 0 saturated carbocycles. The largest absolute Gasteiger partial charge is 0.466 e. The molecule has 0 saturated heterocycles. The van der Waals surface area contributed by atoms with E-state index in [0.29, 0.717) is 11.1 Å². The predicted molar refractivity (Wildman–Crippen MR) is 139 cm³/mol. The zero-order chi connectivity index (χ0) is 27.3. The van der Waals surface area contributed by atoms with Crippen molar-refractivity contribution in [2.45, 2.75) is 51.8 Å². The van der Waals surface area contributed by atoms with Crippen LogP contribution >= 0.6 is 12.6 Å². The van der Waals surface area contributed by atoms with E-state index in [1.54, 1.807) is 58.0 Å². The number of hydrogen-bond acceptors (Lipinski definition) is 8. The highest BCUT2D eigenvalue weighted by Crippen LogP contribution is 2.24. The van der Waals surface area contributed by atoms with Crippen LogP contribution in [0.4, 0.5) is 4.79 Å². The molecule has 0 aliphatic heterocycles. The molecule has 0 aliphatic rings. The van der Waals surface area contributed by atoms with Crippen LogP contribution in [-0.2, 0) is 23.9 Å². The molecule has 200 valence electrons. The fourth-order valence-electron chi connectivity index (χ4n) is 3.26. The Morgan fingerprint density at radius 1 is 1.25 bits per heavy atom. The molecule has 3 N–H and O–H groups in total. The molecule has 0 radical (unpaired) electrons. The number of nitrogens with one attached hydrogen (secondary N) is 2. The standard InChI is InChI=1S/C25H37N3O7S/c1-6-17-9-8-10-18(15-17)21(22(31)26-12-11-20(30)34-7-2)28(13-14-29)23(32)19(16-36)27-24(33)35-25(3,4)5/h6,8-10,15,19,21,29,36H,1,7,11-14,16H2,2-5H3,(H,26,31)(H,27,33). The maximum atomic E-state index is 13.5. The topological polar surface area (TPSA) is 134 Å². The lowest BCUT2D eigenvalue weighted by Gasteiger charge is -2.34. The SMILES string of the molecule is C=Cc1cccc(C(C(=O)NCCC(=O)OCC)N(CCO)C(=O)C(CS)NC(=O)OC(C)(C)C)c1. The van der Waals surface area contributed by atoms with Crippen molar-refractivity contribution in [3.8, 4) is 0 Å². The van der Waals surface area contributed by atoms with Crippen molar-refractivity contribution >= 4 is 42.6 Å². The third-order valence-corrected chi connectivity index (χ3v) is 5.12. The first-order valence-corrected chi connectivity index (χ1v) is 12.3. The molecule has 1 rings (SSSR count). The lowest BCUT2D eigenvalue weighted by atomic mass is 10.0. The summed E-state index contributed by atoms with van der Waals surface area (Å²) in [6, 6.07) is 4.54. The summed E-state index contributed by atoms with van der Waals surface area (Å²) < 4.78 is 10.1. The Kier molecular flexibility index (Phi) is 13.0. The van der Waals surface area contributed by atoms with Crippen LogP contribution in [-0.4, -0.2) is 77.6 Å². The average Bonchev–Trinajstić information content (AvgIpc) is 2.81. The first-order chi connectivity index (χ1) is 17.0. The molecule has 1 aromatic carbocycles. The Hall–Kier alpha value is -3.05. The predicted octanol–water partition coefficient (Wildman–Crippen LogP) is 2.08. The number of rotatable bonds is 13. The molecule has 0 bridgehead atoms. The second kappa shape index (κ2) is 15.1. The van der Waals surface area contributed by atoms with Gasteiger partial charge in [-0.1, -0.05) is 30.9 Å². The molecule has 3 amide bonds. The molecule has 0 fully saturated rings. The Morgan fingerprint density at radius 2 is 1.94 bits per heavy atom. The second-order valence-corrected chi connectivity index (χ2v) is 9.12. The van der Waals surface area contributed by atoms with Crippen molar-refractivity contribution in [2.24, 2.45) is 0 Å². The highest BCUT2D eigenvalue weighted by Gasteiger charge is 2.35. The van der Waals surface area contributed by atoms with E-state index in [1.807, 2.05) is 0 Å². The number of esters is 1. The van der Waals surface area contributed by atoms with Crippen molar-refractivity contribution in [3.05, 3.63) is 42.0 Å². The molecule has 0 heterocycles. The second-order valence-electron chi connectivity index (χ2n) is 8.76. The van der Waals surface area contributed by atoms with Gasteiger partial charge in [-0.15, -0.1) is 0 Å². The van der Waals surface area contributed by atoms with Gasteiger partial charge in [0.05, 0.1) is 19.6 Å². The van der Waals surface area contributed by atoms with Crippen LogP contribution in [0, 0.1) is 0 Å². The van der Waals surface area contributed by atoms with Gasteiger partial charge in [-0.25, -0.2) is 4.79 Å². The third-order valence-electron chi connectivity index (χ3n) is 4.75. The van der Waals surface area contributed by atoms with E-state index in [4.69, 9.17) is 9.47 Å². The number of amides is 3. The van der Waals surface area contributed by atoms with Crippen molar-refractivity contribution in [1.82, 2.24) is 15.5 Å². The number of alkyl carbamates (subject to hydrolysis) is 1. The molecule has 1 aromatic rings. The molecular formula is C25H37N3O7S. The van der Waals surface area contributed by atoms with Crippen molar-refractivity contribution in [3.63, 3.8) is 0 Å². The number of carbonyl (C=O) groups excluding carboxylic acids is 4. The Morgan fingerprint density at radius 3 is 2.50 bits per heavy atom. The number of carbonyl (C=O) groups is 4. The number of aliphatic hydroxyl groups is 1. The molecular weight excluding hydrogens is 486 g/mol. The van der Waals surface area contributed by atoms with E-state index in [-0.39, 0.29) is 31.9 Å². The van der Waals surface area contributed by atoms with Gasteiger partial charge in [-0.05, 0) is 44.9 Å². The maximum absolute atomic E-state index is 13.5. The van der Waals surface area contributed by atoms with Crippen molar-refractivity contribution in [2.75, 3.05) is 32.1 Å². The van der Waals surface area contributed by atoms with Gasteiger partial charge >= 0.3 is 12.1 Å². The fourth-order valence-corrected chi connectivity index (χ4v) is 3.50. The van der Waals surface area contributed by atoms with Crippen LogP contribution < -0.4 is 10.6 Å². The van der Waals surface area contributed by atoms with Crippen molar-refractivity contribution in [1.29, 1.82) is 0 Å². The number of ether oxygens (including phenoxy) is 2. The summed E-state index contributed by atoms with van der Waals surface area (Å²) >= 11 is 4.20. The summed E-state index contributed by atoms with van der Waals surface area (Å²) in [7, 11) is 0. The maximum Gasteiger partial charge on any atom is 0.408 e. The minimum Gasteiger partial charge on any atom is -0.466 e. The van der Waals surface area contributed by atoms with E-state index >= 15 is 0 Å². The molecule has 0 spiro atoms. The summed E-state index contributed by atoms with van der Waals surface area (Å²) in [4.78, 5) is 52.0. The minimum atomic E-state index is -1.17. The van der Waals surface area contributed by atoms with E-state index in [0.717, 1.165) is 0 Å². The number of benzene rings is 1. The van der Waals surface area contributed by atoms with Gasteiger partial charge in [0, 0.05) is 18.8 Å². The van der Waals surface area contributed by atoms with Gasteiger partial charge in [-0.3, -0.25) is 14.4 Å². The fraction of sp³-hybridized carbons (Fsp3) is 0.520. The van der Waals surface area contributed by atoms with E-state index in [2.05, 4.69) is 29.8 Å². The van der Waals surface area contributed by atoms with E-state index in [9.17, 15) is 24.3 Å². The van der Waals surface area contributed by atoms with Gasteiger partial charge in [0.15, 0.2) is 0 Å². The summed E-state index contributed by atoms with van der Waals surface area (Å²) in [6.07, 6.45) is 0.729. The van der Waals surface area contributed by atoms with Crippen LogP contribution in [0.3, 0.4) is 0 Å². The average molecular weight is 524 g/mol. The highest BCUT2D eigenvalue weighted by atomic mass is 32.1. The van der Waals surface area contributed by atoms with Crippen LogP contribution in [0.5, 0.6) is 0 Å². The first kappa shape index (κ1) is 31.0. The van der Waals surface area contributed by atoms with Gasteiger partial charge in [0.2, 0.25) is 11.8 Å². The number of aliphatic hydroxyl groups excluding tert-OH is 1. The third kappa shape index (κ3) is 10.3. The molecule has 11 heteroatoms. The lowest BCUT2D eigenvalue weighted by molar-refractivity contribution is -0.144. The van der Waals surface area contributed by atoms with E-state index in [1.165, 1.54) is 4.90 Å². The molecule has 0 aromatic heterocycles. The molecule has 2 unspecified atom stereocenters. The van der Waals surface area contributed by atoms with Gasteiger partial charge in [0.25, 0.3) is 0 Å². The van der Waals surface area contributed by atoms with E-state index < -0.39 is 48.2 Å². The Labute approximate surface area is 217 Å².